The van der Waals surface area contributed by atoms with Gasteiger partial charge in [-0.1, -0.05) is 66.4 Å². The SMILES string of the molecule is CO/C(=C/c1cccc(-c2cccc(/C=C3\[N-]c4ccccc4O3)n2)n1)[N-]c1ccccc1.[Pt+2]. The summed E-state index contributed by atoms with van der Waals surface area (Å²) in [4.78, 5) is 9.45. The van der Waals surface area contributed by atoms with Crippen molar-refractivity contribution in [3.63, 3.8) is 0 Å². The zero-order valence-electron chi connectivity index (χ0n) is 18.2. The molecule has 0 radical (unpaired) electrons. The molecule has 1 aliphatic heterocycles. The zero-order valence-corrected chi connectivity index (χ0v) is 20.5. The fourth-order valence-corrected chi connectivity index (χ4v) is 3.32. The van der Waals surface area contributed by atoms with E-state index >= 15 is 0 Å². The van der Waals surface area contributed by atoms with Gasteiger partial charge in [-0.05, 0) is 42.5 Å². The van der Waals surface area contributed by atoms with E-state index in [2.05, 4.69) is 10.6 Å². The van der Waals surface area contributed by atoms with Crippen molar-refractivity contribution in [2.24, 2.45) is 0 Å². The molecule has 0 amide bonds. The minimum absolute atomic E-state index is 0. The summed E-state index contributed by atoms with van der Waals surface area (Å²) in [5, 5.41) is 9.01. The van der Waals surface area contributed by atoms with Crippen LogP contribution in [0.25, 0.3) is 34.2 Å². The van der Waals surface area contributed by atoms with Crippen LogP contribution >= 0.6 is 0 Å². The molecule has 0 unspecified atom stereocenters. The van der Waals surface area contributed by atoms with E-state index in [0.29, 0.717) is 11.8 Å². The number of methoxy groups -OCH3 is 1. The Labute approximate surface area is 212 Å². The van der Waals surface area contributed by atoms with Gasteiger partial charge >= 0.3 is 21.1 Å². The molecule has 7 heteroatoms. The number of benzene rings is 2. The van der Waals surface area contributed by atoms with Crippen LogP contribution in [0.15, 0.2) is 103 Å². The predicted molar refractivity (Wildman–Crippen MR) is 130 cm³/mol. The van der Waals surface area contributed by atoms with Crippen LogP contribution in [-0.4, -0.2) is 17.1 Å². The normalized spacial score (nSPS) is 13.3. The maximum Gasteiger partial charge on any atom is 2.00 e. The molecule has 0 atom stereocenters. The topological polar surface area (TPSA) is 72.4 Å². The summed E-state index contributed by atoms with van der Waals surface area (Å²) in [6, 6.07) is 28.8. The second-order valence-electron chi connectivity index (χ2n) is 7.19. The monoisotopic (exact) mass is 627 g/mol. The first kappa shape index (κ1) is 23.3. The third-order valence-corrected chi connectivity index (χ3v) is 4.86. The first-order chi connectivity index (χ1) is 16.3. The van der Waals surface area contributed by atoms with Gasteiger partial charge in [0.15, 0.2) is 0 Å². The van der Waals surface area contributed by atoms with E-state index in [0.717, 1.165) is 39.9 Å². The summed E-state index contributed by atoms with van der Waals surface area (Å²) in [7, 11) is 1.59. The third-order valence-electron chi connectivity index (χ3n) is 4.86. The molecule has 2 aromatic carbocycles. The molecule has 4 aromatic rings. The Bertz CT molecular complexity index is 1310. The van der Waals surface area contributed by atoms with Crippen LogP contribution in [0.2, 0.25) is 0 Å². The van der Waals surface area contributed by atoms with Crippen LogP contribution in [0.4, 0.5) is 11.4 Å². The summed E-state index contributed by atoms with van der Waals surface area (Å²) >= 11 is 0. The second kappa shape index (κ2) is 10.8. The van der Waals surface area contributed by atoms with Crippen molar-refractivity contribution in [1.29, 1.82) is 0 Å². The number of nitrogens with zero attached hydrogens (tertiary/aromatic N) is 4. The van der Waals surface area contributed by atoms with Gasteiger partial charge in [0.05, 0.1) is 29.9 Å². The molecule has 0 aliphatic carbocycles. The van der Waals surface area contributed by atoms with Gasteiger partial charge in [-0.2, -0.15) is 0 Å². The van der Waals surface area contributed by atoms with Crippen LogP contribution in [0.5, 0.6) is 5.75 Å². The van der Waals surface area contributed by atoms with E-state index in [-0.39, 0.29) is 21.1 Å². The first-order valence-electron chi connectivity index (χ1n) is 10.4. The molecule has 34 heavy (non-hydrogen) atoms. The third kappa shape index (κ3) is 5.53. The Morgan fingerprint density at radius 2 is 1.50 bits per heavy atom. The van der Waals surface area contributed by atoms with Crippen molar-refractivity contribution in [3.05, 3.63) is 125 Å². The molecule has 0 bridgehead atoms. The van der Waals surface area contributed by atoms with Gasteiger partial charge in [0.1, 0.15) is 5.75 Å². The number of aromatic nitrogens is 2. The van der Waals surface area contributed by atoms with Gasteiger partial charge in [-0.3, -0.25) is 0 Å². The van der Waals surface area contributed by atoms with Crippen molar-refractivity contribution in [2.75, 3.05) is 7.11 Å². The van der Waals surface area contributed by atoms with E-state index in [1.54, 1.807) is 13.2 Å². The molecule has 0 spiro atoms. The van der Waals surface area contributed by atoms with Crippen molar-refractivity contribution in [1.82, 2.24) is 9.97 Å². The van der Waals surface area contributed by atoms with Crippen LogP contribution < -0.4 is 4.74 Å². The van der Waals surface area contributed by atoms with E-state index in [9.17, 15) is 0 Å². The minimum atomic E-state index is 0. The number of rotatable bonds is 6. The van der Waals surface area contributed by atoms with E-state index in [1.165, 1.54) is 0 Å². The number of pyridine rings is 2. The molecule has 0 saturated carbocycles. The predicted octanol–water partition coefficient (Wildman–Crippen LogP) is 7.19. The van der Waals surface area contributed by atoms with Crippen molar-refractivity contribution < 1.29 is 30.5 Å². The largest absolute Gasteiger partial charge is 2.00 e. The maximum atomic E-state index is 5.79. The molecular formula is C27H20N4O2Pt. The number of para-hydroxylation sites is 3. The van der Waals surface area contributed by atoms with Crippen LogP contribution in [0.1, 0.15) is 11.4 Å². The Morgan fingerprint density at radius 1 is 0.824 bits per heavy atom. The maximum absolute atomic E-state index is 5.79. The fourth-order valence-electron chi connectivity index (χ4n) is 3.32. The molecule has 0 fully saturated rings. The summed E-state index contributed by atoms with van der Waals surface area (Å²) in [5.41, 5.74) is 4.57. The fraction of sp³-hybridized carbons (Fsp3) is 0.0370. The van der Waals surface area contributed by atoms with E-state index in [1.807, 2.05) is 97.1 Å². The molecular weight excluding hydrogens is 607 g/mol. The van der Waals surface area contributed by atoms with Gasteiger partial charge in [-0.25, -0.2) is 9.97 Å². The minimum Gasteiger partial charge on any atom is -0.627 e. The quantitative estimate of drug-likeness (QED) is 0.212. The van der Waals surface area contributed by atoms with Crippen LogP contribution in [0.3, 0.4) is 0 Å². The summed E-state index contributed by atoms with van der Waals surface area (Å²) < 4.78 is 11.2. The van der Waals surface area contributed by atoms with Crippen molar-refractivity contribution >= 4 is 23.5 Å². The van der Waals surface area contributed by atoms with Crippen molar-refractivity contribution in [2.45, 2.75) is 0 Å². The zero-order chi connectivity index (χ0) is 22.5. The molecule has 3 heterocycles. The molecule has 0 saturated heterocycles. The molecule has 170 valence electrons. The molecule has 6 nitrogen and oxygen atoms in total. The van der Waals surface area contributed by atoms with Crippen LogP contribution in [0, 0.1) is 0 Å². The molecule has 5 rings (SSSR count). The Morgan fingerprint density at radius 3 is 2.24 bits per heavy atom. The summed E-state index contributed by atoms with van der Waals surface area (Å²) in [6.45, 7) is 0. The van der Waals surface area contributed by atoms with Crippen LogP contribution in [-0.2, 0) is 25.8 Å². The number of ether oxygens (including phenoxy) is 2. The first-order valence-corrected chi connectivity index (χ1v) is 10.4. The molecule has 0 N–H and O–H groups in total. The average Bonchev–Trinajstić information content (AvgIpc) is 3.27. The van der Waals surface area contributed by atoms with Gasteiger partial charge in [0.2, 0.25) is 0 Å². The van der Waals surface area contributed by atoms with Gasteiger partial charge in [0, 0.05) is 11.8 Å². The van der Waals surface area contributed by atoms with E-state index in [4.69, 9.17) is 19.4 Å². The second-order valence-corrected chi connectivity index (χ2v) is 7.19. The Kier molecular flexibility index (Phi) is 7.40. The Balaban J connectivity index is 0.00000274. The van der Waals surface area contributed by atoms with Gasteiger partial charge < -0.3 is 20.1 Å². The number of fused-ring (bicyclic) bond motifs is 1. The Hall–Kier alpha value is -3.89. The van der Waals surface area contributed by atoms with Crippen molar-refractivity contribution in [3.8, 4) is 17.1 Å². The summed E-state index contributed by atoms with van der Waals surface area (Å²) in [5.74, 6) is 1.73. The standard InChI is InChI=1S/C27H20N4O2.Pt/c1-32-26(30-19-9-3-2-4-10-19)17-20-11-7-14-22(28-20)23-15-8-12-21(29-23)18-27-31-24-13-5-6-16-25(24)33-27;/h2-18H,1H3;/q-2;+2/b26-17+,27-18+;. The smallest absolute Gasteiger partial charge is 0.627 e. The number of hydrogen-bond acceptors (Lipinski definition) is 4. The van der Waals surface area contributed by atoms with Gasteiger partial charge in [-0.15, -0.1) is 5.69 Å². The van der Waals surface area contributed by atoms with Gasteiger partial charge in [0.25, 0.3) is 0 Å². The molecule has 1 aliphatic rings. The van der Waals surface area contributed by atoms with E-state index < -0.39 is 0 Å². The molecule has 2 aromatic heterocycles. The average molecular weight is 628 g/mol. The summed E-state index contributed by atoms with van der Waals surface area (Å²) in [6.07, 6.45) is 3.61. The number of hydrogen-bond donors (Lipinski definition) is 0.